The first kappa shape index (κ1) is 11.0. The predicted molar refractivity (Wildman–Crippen MR) is 67.2 cm³/mol. The van der Waals surface area contributed by atoms with Gasteiger partial charge in [0.25, 0.3) is 5.56 Å². The van der Waals surface area contributed by atoms with Crippen molar-refractivity contribution in [3.8, 4) is 6.07 Å². The highest BCUT2D eigenvalue weighted by atomic mass is 16.1. The van der Waals surface area contributed by atoms with Gasteiger partial charge in [0.1, 0.15) is 17.1 Å². The molecule has 5 nitrogen and oxygen atoms in total. The minimum absolute atomic E-state index is 0.0651. The zero-order valence-corrected chi connectivity index (χ0v) is 10.3. The smallest absolute Gasteiger partial charge is 0.277 e. The molecule has 3 rings (SSSR count). The second kappa shape index (κ2) is 3.98. The van der Waals surface area contributed by atoms with Crippen molar-refractivity contribution in [3.63, 3.8) is 0 Å². The van der Waals surface area contributed by atoms with Crippen molar-refractivity contribution >= 4 is 11.0 Å². The molecule has 0 atom stereocenters. The van der Waals surface area contributed by atoms with Gasteiger partial charge in [0.05, 0.1) is 11.9 Å². The minimum atomic E-state index is -0.0651. The topological polar surface area (TPSA) is 63.6 Å². The third-order valence-electron chi connectivity index (χ3n) is 3.64. The van der Waals surface area contributed by atoms with Crippen LogP contribution in [0.5, 0.6) is 0 Å². The van der Waals surface area contributed by atoms with Crippen molar-refractivity contribution in [2.75, 3.05) is 0 Å². The molecule has 0 saturated carbocycles. The molecule has 0 amide bonds. The van der Waals surface area contributed by atoms with Crippen molar-refractivity contribution in [2.24, 2.45) is 7.05 Å². The van der Waals surface area contributed by atoms with E-state index in [0.29, 0.717) is 16.6 Å². The Bertz CT molecular complexity index is 717. The van der Waals surface area contributed by atoms with Crippen LogP contribution in [0.4, 0.5) is 0 Å². The summed E-state index contributed by atoms with van der Waals surface area (Å²) in [7, 11) is 1.69. The molecule has 2 aromatic rings. The van der Waals surface area contributed by atoms with E-state index in [-0.39, 0.29) is 5.56 Å². The molecule has 0 aromatic carbocycles. The monoisotopic (exact) mass is 242 g/mol. The number of aromatic nitrogens is 3. The molecule has 0 fully saturated rings. The molecule has 0 unspecified atom stereocenters. The molecular weight excluding hydrogens is 228 g/mol. The maximum Gasteiger partial charge on any atom is 0.277 e. The Morgan fingerprint density at radius 1 is 1.39 bits per heavy atom. The number of aryl methyl sites for hydroxylation is 2. The van der Waals surface area contributed by atoms with E-state index in [4.69, 9.17) is 0 Å². The summed E-state index contributed by atoms with van der Waals surface area (Å²) in [5.74, 6) is 0. The third-order valence-corrected chi connectivity index (χ3v) is 3.64. The van der Waals surface area contributed by atoms with E-state index in [9.17, 15) is 10.1 Å². The van der Waals surface area contributed by atoms with Crippen molar-refractivity contribution < 1.29 is 0 Å². The maximum atomic E-state index is 12.2. The highest BCUT2D eigenvalue weighted by molar-refractivity contribution is 5.83. The van der Waals surface area contributed by atoms with Crippen LogP contribution in [0.25, 0.3) is 11.0 Å². The van der Waals surface area contributed by atoms with Crippen molar-refractivity contribution in [1.29, 1.82) is 5.26 Å². The molecule has 0 spiro atoms. The molecule has 1 aliphatic rings. The standard InChI is InChI=1S/C13H14N4O/c1-16-8-15-11-9(7-14)10-5-3-2-4-6-17(10)12(11)13(16)18/h8H,2-6H2,1H3. The summed E-state index contributed by atoms with van der Waals surface area (Å²) < 4.78 is 3.48. The van der Waals surface area contributed by atoms with Gasteiger partial charge in [-0.05, 0) is 19.3 Å². The zero-order chi connectivity index (χ0) is 12.7. The summed E-state index contributed by atoms with van der Waals surface area (Å²) in [5.41, 5.74) is 2.67. The summed E-state index contributed by atoms with van der Waals surface area (Å²) in [5, 5.41) is 9.32. The number of nitriles is 1. The van der Waals surface area contributed by atoms with Crippen LogP contribution in [0, 0.1) is 11.3 Å². The van der Waals surface area contributed by atoms with Crippen LogP contribution in [0.3, 0.4) is 0 Å². The molecule has 0 saturated heterocycles. The molecule has 0 bridgehead atoms. The van der Waals surface area contributed by atoms with Gasteiger partial charge in [0, 0.05) is 19.3 Å². The fraction of sp³-hybridized carbons (Fsp3) is 0.462. The van der Waals surface area contributed by atoms with E-state index in [1.165, 1.54) is 10.9 Å². The van der Waals surface area contributed by atoms with Crippen molar-refractivity contribution in [3.05, 3.63) is 27.9 Å². The Balaban J connectivity index is 2.47. The lowest BCUT2D eigenvalue weighted by atomic mass is 10.1. The largest absolute Gasteiger partial charge is 0.337 e. The Morgan fingerprint density at radius 2 is 2.22 bits per heavy atom. The fourth-order valence-corrected chi connectivity index (χ4v) is 2.72. The fourth-order valence-electron chi connectivity index (χ4n) is 2.72. The number of nitrogens with zero attached hydrogens (tertiary/aromatic N) is 4. The van der Waals surface area contributed by atoms with Gasteiger partial charge in [-0.2, -0.15) is 5.26 Å². The molecule has 1 aliphatic heterocycles. The van der Waals surface area contributed by atoms with E-state index < -0.39 is 0 Å². The number of hydrogen-bond donors (Lipinski definition) is 0. The van der Waals surface area contributed by atoms with Crippen LogP contribution in [0.15, 0.2) is 11.1 Å². The lowest BCUT2D eigenvalue weighted by molar-refractivity contribution is 0.645. The van der Waals surface area contributed by atoms with E-state index in [1.807, 2.05) is 4.57 Å². The maximum absolute atomic E-state index is 12.2. The third kappa shape index (κ3) is 1.39. The van der Waals surface area contributed by atoms with Gasteiger partial charge in [-0.3, -0.25) is 4.79 Å². The molecule has 0 N–H and O–H groups in total. The number of hydrogen-bond acceptors (Lipinski definition) is 3. The summed E-state index contributed by atoms with van der Waals surface area (Å²) in [6.45, 7) is 0.814. The summed E-state index contributed by atoms with van der Waals surface area (Å²) in [6.07, 6.45) is 5.63. The highest BCUT2D eigenvalue weighted by Crippen LogP contribution is 2.26. The Labute approximate surface area is 104 Å². The molecule has 3 heterocycles. The lowest BCUT2D eigenvalue weighted by Gasteiger charge is -2.05. The minimum Gasteiger partial charge on any atom is -0.337 e. The van der Waals surface area contributed by atoms with Crippen molar-refractivity contribution in [2.45, 2.75) is 32.2 Å². The van der Waals surface area contributed by atoms with E-state index >= 15 is 0 Å². The molecule has 18 heavy (non-hydrogen) atoms. The number of fused-ring (bicyclic) bond motifs is 3. The van der Waals surface area contributed by atoms with Crippen LogP contribution < -0.4 is 5.56 Å². The predicted octanol–water partition coefficient (Wildman–Crippen LogP) is 1.33. The normalized spacial score (nSPS) is 15.1. The van der Waals surface area contributed by atoms with Gasteiger partial charge in [-0.25, -0.2) is 4.98 Å². The van der Waals surface area contributed by atoms with Gasteiger partial charge in [0.15, 0.2) is 0 Å². The lowest BCUT2D eigenvalue weighted by Crippen LogP contribution is -2.19. The first-order valence-corrected chi connectivity index (χ1v) is 6.21. The van der Waals surface area contributed by atoms with Gasteiger partial charge in [0.2, 0.25) is 0 Å². The molecular formula is C13H14N4O. The quantitative estimate of drug-likeness (QED) is 0.700. The SMILES string of the molecule is Cn1cnc2c(C#N)c3n(c2c1=O)CCCCC3. The van der Waals surface area contributed by atoms with Crippen molar-refractivity contribution in [1.82, 2.24) is 14.1 Å². The van der Waals surface area contributed by atoms with Gasteiger partial charge in [-0.1, -0.05) is 6.42 Å². The summed E-state index contributed by atoms with van der Waals surface area (Å²) >= 11 is 0. The number of rotatable bonds is 0. The van der Waals surface area contributed by atoms with E-state index in [0.717, 1.165) is 37.9 Å². The zero-order valence-electron chi connectivity index (χ0n) is 10.3. The average molecular weight is 242 g/mol. The Kier molecular flexibility index (Phi) is 2.44. The molecule has 2 aromatic heterocycles. The Morgan fingerprint density at radius 3 is 3.00 bits per heavy atom. The second-order valence-corrected chi connectivity index (χ2v) is 4.75. The summed E-state index contributed by atoms with van der Waals surface area (Å²) in [6, 6.07) is 2.22. The molecule has 0 aliphatic carbocycles. The molecule has 92 valence electrons. The Hall–Kier alpha value is -2.09. The molecule has 5 heteroatoms. The van der Waals surface area contributed by atoms with Crippen LogP contribution >= 0.6 is 0 Å². The van der Waals surface area contributed by atoms with Gasteiger partial charge >= 0.3 is 0 Å². The van der Waals surface area contributed by atoms with E-state index in [1.54, 1.807) is 7.05 Å². The highest BCUT2D eigenvalue weighted by Gasteiger charge is 2.22. The first-order valence-electron chi connectivity index (χ1n) is 6.21. The van der Waals surface area contributed by atoms with Crippen LogP contribution in [-0.4, -0.2) is 14.1 Å². The van der Waals surface area contributed by atoms with Crippen LogP contribution in [0.2, 0.25) is 0 Å². The van der Waals surface area contributed by atoms with E-state index in [2.05, 4.69) is 11.1 Å². The second-order valence-electron chi connectivity index (χ2n) is 4.75. The van der Waals surface area contributed by atoms with Crippen LogP contribution in [-0.2, 0) is 20.0 Å². The summed E-state index contributed by atoms with van der Waals surface area (Å²) in [4.78, 5) is 16.5. The van der Waals surface area contributed by atoms with Gasteiger partial charge < -0.3 is 9.13 Å². The van der Waals surface area contributed by atoms with Gasteiger partial charge in [-0.15, -0.1) is 0 Å². The average Bonchev–Trinajstić information content (AvgIpc) is 2.52. The first-order chi connectivity index (χ1) is 8.74. The van der Waals surface area contributed by atoms with Crippen LogP contribution in [0.1, 0.15) is 30.5 Å². The molecule has 0 radical (unpaired) electrons.